The average molecular weight is 257 g/mol. The topological polar surface area (TPSA) is 61.5 Å². The Morgan fingerprint density at radius 3 is 2.37 bits per heavy atom. The van der Waals surface area contributed by atoms with Crippen LogP contribution in [-0.4, -0.2) is 19.2 Å². The van der Waals surface area contributed by atoms with Gasteiger partial charge >= 0.3 is 0 Å². The molecule has 0 aliphatic rings. The van der Waals surface area contributed by atoms with Crippen molar-refractivity contribution in [2.75, 3.05) is 30.0 Å². The van der Waals surface area contributed by atoms with E-state index in [1.165, 1.54) is 0 Å². The maximum absolute atomic E-state index is 9.76. The number of benzene rings is 2. The molecule has 2 rings (SSSR count). The lowest BCUT2D eigenvalue weighted by Gasteiger charge is -2.14. The molecular formula is C15H19N3O. The molecule has 0 bridgehead atoms. The van der Waals surface area contributed by atoms with Gasteiger partial charge in [0.2, 0.25) is 0 Å². The number of anilines is 3. The Balaban J connectivity index is 2.06. The third-order valence-corrected chi connectivity index (χ3v) is 3.04. The van der Waals surface area contributed by atoms with Crippen LogP contribution in [0.3, 0.4) is 0 Å². The second-order valence-corrected chi connectivity index (χ2v) is 4.64. The molecule has 0 radical (unpaired) electrons. The number of rotatable bonds is 4. The molecule has 0 aliphatic heterocycles. The van der Waals surface area contributed by atoms with E-state index < -0.39 is 0 Å². The zero-order chi connectivity index (χ0) is 13.8. The van der Waals surface area contributed by atoms with Crippen LogP contribution in [0.4, 0.5) is 17.1 Å². The highest BCUT2D eigenvalue weighted by atomic mass is 16.3. The Morgan fingerprint density at radius 2 is 1.79 bits per heavy atom. The number of aromatic hydroxyl groups is 1. The molecule has 2 aromatic rings. The van der Waals surface area contributed by atoms with E-state index in [1.807, 2.05) is 43.3 Å². The predicted octanol–water partition coefficient (Wildman–Crippen LogP) is 2.65. The van der Waals surface area contributed by atoms with Gasteiger partial charge in [0.05, 0.1) is 0 Å². The van der Waals surface area contributed by atoms with Crippen LogP contribution < -0.4 is 16.0 Å². The van der Waals surface area contributed by atoms with E-state index in [9.17, 15) is 5.11 Å². The Hall–Kier alpha value is -2.36. The SMILES string of the molecule is CN(C)c1ccc(NCc2c(N)cccc2O)cc1. The number of phenolic OH excluding ortho intramolecular Hbond substituents is 1. The Kier molecular flexibility index (Phi) is 3.80. The minimum Gasteiger partial charge on any atom is -0.508 e. The molecule has 0 unspecified atom stereocenters. The first-order valence-corrected chi connectivity index (χ1v) is 6.15. The Bertz CT molecular complexity index is 530. The summed E-state index contributed by atoms with van der Waals surface area (Å²) in [6, 6.07) is 13.2. The molecule has 4 nitrogen and oxygen atoms in total. The Morgan fingerprint density at radius 1 is 1.11 bits per heavy atom. The van der Waals surface area contributed by atoms with Gasteiger partial charge in [-0.2, -0.15) is 0 Å². The van der Waals surface area contributed by atoms with E-state index in [4.69, 9.17) is 5.73 Å². The largest absolute Gasteiger partial charge is 0.508 e. The monoisotopic (exact) mass is 257 g/mol. The standard InChI is InChI=1S/C15H19N3O/c1-18(2)12-8-6-11(7-9-12)17-10-13-14(16)4-3-5-15(13)19/h3-9,17,19H,10,16H2,1-2H3. The molecule has 0 spiro atoms. The van der Waals surface area contributed by atoms with Gasteiger partial charge in [0.15, 0.2) is 0 Å². The second-order valence-electron chi connectivity index (χ2n) is 4.64. The molecule has 19 heavy (non-hydrogen) atoms. The third kappa shape index (κ3) is 3.10. The minimum absolute atomic E-state index is 0.220. The van der Waals surface area contributed by atoms with Crippen LogP contribution in [0.25, 0.3) is 0 Å². The van der Waals surface area contributed by atoms with Gasteiger partial charge in [-0.1, -0.05) is 6.07 Å². The molecule has 0 heterocycles. The van der Waals surface area contributed by atoms with Crippen molar-refractivity contribution in [3.63, 3.8) is 0 Å². The molecule has 4 N–H and O–H groups in total. The summed E-state index contributed by atoms with van der Waals surface area (Å²) in [6.07, 6.45) is 0. The van der Waals surface area contributed by atoms with E-state index >= 15 is 0 Å². The van der Waals surface area contributed by atoms with Crippen molar-refractivity contribution in [2.24, 2.45) is 0 Å². The van der Waals surface area contributed by atoms with E-state index in [0.717, 1.165) is 16.9 Å². The van der Waals surface area contributed by atoms with Gasteiger partial charge in [0, 0.05) is 43.3 Å². The van der Waals surface area contributed by atoms with Crippen molar-refractivity contribution >= 4 is 17.1 Å². The minimum atomic E-state index is 0.220. The fraction of sp³-hybridized carbons (Fsp3) is 0.200. The lowest BCUT2D eigenvalue weighted by Crippen LogP contribution is -2.08. The van der Waals surface area contributed by atoms with Crippen molar-refractivity contribution in [3.8, 4) is 5.75 Å². The van der Waals surface area contributed by atoms with Crippen molar-refractivity contribution < 1.29 is 5.11 Å². The molecule has 2 aromatic carbocycles. The second kappa shape index (κ2) is 5.52. The van der Waals surface area contributed by atoms with Crippen LogP contribution >= 0.6 is 0 Å². The van der Waals surface area contributed by atoms with Gasteiger partial charge in [-0.15, -0.1) is 0 Å². The van der Waals surface area contributed by atoms with Crippen molar-refractivity contribution in [2.45, 2.75) is 6.54 Å². The normalized spacial score (nSPS) is 10.2. The number of nitrogen functional groups attached to an aromatic ring is 1. The zero-order valence-corrected chi connectivity index (χ0v) is 11.2. The first kappa shape index (κ1) is 13.1. The zero-order valence-electron chi connectivity index (χ0n) is 11.2. The van der Waals surface area contributed by atoms with E-state index in [-0.39, 0.29) is 5.75 Å². The van der Waals surface area contributed by atoms with Gasteiger partial charge in [-0.05, 0) is 36.4 Å². The van der Waals surface area contributed by atoms with Gasteiger partial charge in [0.25, 0.3) is 0 Å². The fourth-order valence-electron chi connectivity index (χ4n) is 1.85. The van der Waals surface area contributed by atoms with Crippen LogP contribution in [0, 0.1) is 0 Å². The maximum atomic E-state index is 9.76. The van der Waals surface area contributed by atoms with Gasteiger partial charge in [-0.3, -0.25) is 0 Å². The molecular weight excluding hydrogens is 238 g/mol. The number of phenols is 1. The Labute approximate surface area is 113 Å². The average Bonchev–Trinajstić information content (AvgIpc) is 2.38. The summed E-state index contributed by atoms with van der Waals surface area (Å²) in [4.78, 5) is 2.05. The number of nitrogens with two attached hydrogens (primary N) is 1. The first-order valence-electron chi connectivity index (χ1n) is 6.15. The van der Waals surface area contributed by atoms with E-state index in [1.54, 1.807) is 18.2 Å². The molecule has 100 valence electrons. The smallest absolute Gasteiger partial charge is 0.122 e. The summed E-state index contributed by atoms with van der Waals surface area (Å²) >= 11 is 0. The molecule has 0 aliphatic carbocycles. The number of hydrogen-bond acceptors (Lipinski definition) is 4. The van der Waals surface area contributed by atoms with Crippen LogP contribution in [0.1, 0.15) is 5.56 Å². The molecule has 0 saturated carbocycles. The van der Waals surface area contributed by atoms with Crippen LogP contribution in [0.2, 0.25) is 0 Å². The third-order valence-electron chi connectivity index (χ3n) is 3.04. The number of nitrogens with one attached hydrogen (secondary N) is 1. The highest BCUT2D eigenvalue weighted by Crippen LogP contribution is 2.24. The summed E-state index contributed by atoms with van der Waals surface area (Å²) in [6.45, 7) is 0.500. The van der Waals surface area contributed by atoms with Gasteiger partial charge in [-0.25, -0.2) is 0 Å². The summed E-state index contributed by atoms with van der Waals surface area (Å²) in [5.74, 6) is 0.220. The number of hydrogen-bond donors (Lipinski definition) is 3. The summed E-state index contributed by atoms with van der Waals surface area (Å²) in [7, 11) is 4.01. The fourth-order valence-corrected chi connectivity index (χ4v) is 1.85. The summed E-state index contributed by atoms with van der Waals surface area (Å²) in [5, 5.41) is 13.0. The van der Waals surface area contributed by atoms with Crippen molar-refractivity contribution in [1.29, 1.82) is 0 Å². The highest BCUT2D eigenvalue weighted by Gasteiger charge is 2.04. The highest BCUT2D eigenvalue weighted by molar-refractivity contribution is 5.58. The lowest BCUT2D eigenvalue weighted by molar-refractivity contribution is 0.469. The maximum Gasteiger partial charge on any atom is 0.122 e. The van der Waals surface area contributed by atoms with Crippen LogP contribution in [-0.2, 0) is 6.54 Å². The molecule has 0 amide bonds. The van der Waals surface area contributed by atoms with Gasteiger partial charge < -0.3 is 21.1 Å². The first-order chi connectivity index (χ1) is 9.08. The molecule has 0 aromatic heterocycles. The molecule has 0 saturated heterocycles. The lowest BCUT2D eigenvalue weighted by atomic mass is 10.1. The van der Waals surface area contributed by atoms with Crippen molar-refractivity contribution in [1.82, 2.24) is 0 Å². The van der Waals surface area contributed by atoms with Crippen molar-refractivity contribution in [3.05, 3.63) is 48.0 Å². The van der Waals surface area contributed by atoms with Crippen LogP contribution in [0.15, 0.2) is 42.5 Å². The predicted molar refractivity (Wildman–Crippen MR) is 80.6 cm³/mol. The van der Waals surface area contributed by atoms with Gasteiger partial charge in [0.1, 0.15) is 5.75 Å². The number of nitrogens with zero attached hydrogens (tertiary/aromatic N) is 1. The molecule has 4 heteroatoms. The molecule has 0 fully saturated rings. The van der Waals surface area contributed by atoms with E-state index in [2.05, 4.69) is 5.32 Å². The van der Waals surface area contributed by atoms with Crippen LogP contribution in [0.5, 0.6) is 5.75 Å². The molecule has 0 atom stereocenters. The summed E-state index contributed by atoms with van der Waals surface area (Å²) < 4.78 is 0. The summed E-state index contributed by atoms with van der Waals surface area (Å²) in [5.41, 5.74) is 9.30. The van der Waals surface area contributed by atoms with E-state index in [0.29, 0.717) is 12.2 Å². The quantitative estimate of drug-likeness (QED) is 0.737.